The number of carbonyl (C=O) groups is 4. The minimum absolute atomic E-state index is 0.0152. The summed E-state index contributed by atoms with van der Waals surface area (Å²) in [7, 11) is 3.79. The van der Waals surface area contributed by atoms with Crippen LogP contribution in [0.25, 0.3) is 6.08 Å². The lowest BCUT2D eigenvalue weighted by molar-refractivity contribution is -0.122. The van der Waals surface area contributed by atoms with Crippen LogP contribution in [0.15, 0.2) is 54.1 Å². The van der Waals surface area contributed by atoms with E-state index in [9.17, 15) is 19.2 Å². The molecule has 1 heterocycles. The highest BCUT2D eigenvalue weighted by molar-refractivity contribution is 6.39. The molecule has 0 spiro atoms. The molecular formula is C20H17N3O5. The molecule has 0 radical (unpaired) electrons. The Hall–Kier alpha value is -3.94. The third-order valence-corrected chi connectivity index (χ3v) is 4.19. The van der Waals surface area contributed by atoms with Crippen molar-refractivity contribution in [2.45, 2.75) is 0 Å². The molecule has 3 rings (SSSR count). The second kappa shape index (κ2) is 7.36. The van der Waals surface area contributed by atoms with Gasteiger partial charge < -0.3 is 10.0 Å². The number of nitrogens with one attached hydrogen (secondary N) is 1. The van der Waals surface area contributed by atoms with Crippen molar-refractivity contribution in [2.24, 2.45) is 0 Å². The average Bonchev–Trinajstić information content (AvgIpc) is 2.65. The van der Waals surface area contributed by atoms with E-state index in [1.165, 1.54) is 30.3 Å². The molecule has 1 saturated heterocycles. The van der Waals surface area contributed by atoms with E-state index in [4.69, 9.17) is 5.11 Å². The maximum atomic E-state index is 12.8. The maximum Gasteiger partial charge on any atom is 0.335 e. The average molecular weight is 379 g/mol. The first-order valence-electron chi connectivity index (χ1n) is 8.30. The number of rotatable bonds is 4. The van der Waals surface area contributed by atoms with Gasteiger partial charge in [0.15, 0.2) is 0 Å². The number of amides is 4. The Labute approximate surface area is 160 Å². The Bertz CT molecular complexity index is 992. The van der Waals surface area contributed by atoms with Gasteiger partial charge in [0, 0.05) is 19.8 Å². The smallest absolute Gasteiger partial charge is 0.335 e. The topological polar surface area (TPSA) is 107 Å². The van der Waals surface area contributed by atoms with Crippen molar-refractivity contribution >= 4 is 41.3 Å². The molecule has 8 nitrogen and oxygen atoms in total. The summed E-state index contributed by atoms with van der Waals surface area (Å²) in [5, 5.41) is 11.1. The van der Waals surface area contributed by atoms with E-state index in [0.29, 0.717) is 5.56 Å². The van der Waals surface area contributed by atoms with Crippen LogP contribution in [0.1, 0.15) is 15.9 Å². The number of anilines is 2. The van der Waals surface area contributed by atoms with Crippen molar-refractivity contribution in [3.8, 4) is 0 Å². The number of imide groups is 2. The number of urea groups is 1. The standard InChI is InChI=1S/C20H17N3O5/c1-22(2)14-7-3-12(4-8-14)11-16-17(24)21-20(28)23(18(16)25)15-9-5-13(6-10-15)19(26)27/h3-11H,1-2H3,(H,26,27)(H,21,24,28)/b16-11-. The third kappa shape index (κ3) is 3.61. The van der Waals surface area contributed by atoms with E-state index in [1.54, 1.807) is 12.1 Å². The predicted octanol–water partition coefficient (Wildman–Crippen LogP) is 2.12. The van der Waals surface area contributed by atoms with Crippen LogP contribution < -0.4 is 15.1 Å². The van der Waals surface area contributed by atoms with Crippen molar-refractivity contribution in [1.29, 1.82) is 0 Å². The molecule has 1 fully saturated rings. The summed E-state index contributed by atoms with van der Waals surface area (Å²) in [6.07, 6.45) is 1.40. The van der Waals surface area contributed by atoms with Gasteiger partial charge in [-0.2, -0.15) is 0 Å². The van der Waals surface area contributed by atoms with Gasteiger partial charge in [0.25, 0.3) is 11.8 Å². The quantitative estimate of drug-likeness (QED) is 0.622. The molecule has 0 atom stereocenters. The van der Waals surface area contributed by atoms with Crippen molar-refractivity contribution in [2.75, 3.05) is 23.9 Å². The van der Waals surface area contributed by atoms with Gasteiger partial charge in [-0.1, -0.05) is 12.1 Å². The molecule has 0 unspecified atom stereocenters. The number of benzene rings is 2. The zero-order valence-electron chi connectivity index (χ0n) is 15.2. The second-order valence-corrected chi connectivity index (χ2v) is 6.30. The number of carbonyl (C=O) groups excluding carboxylic acids is 3. The fraction of sp³-hybridized carbons (Fsp3) is 0.100. The van der Waals surface area contributed by atoms with Crippen molar-refractivity contribution in [1.82, 2.24) is 5.32 Å². The molecule has 4 amide bonds. The van der Waals surface area contributed by atoms with Crippen LogP contribution in [0.2, 0.25) is 0 Å². The van der Waals surface area contributed by atoms with E-state index < -0.39 is 23.8 Å². The first-order valence-corrected chi connectivity index (χ1v) is 8.30. The van der Waals surface area contributed by atoms with E-state index in [1.807, 2.05) is 31.1 Å². The Balaban J connectivity index is 1.94. The van der Waals surface area contributed by atoms with Crippen LogP contribution in [-0.4, -0.2) is 43.0 Å². The summed E-state index contributed by atoms with van der Waals surface area (Å²) in [6, 6.07) is 11.5. The largest absolute Gasteiger partial charge is 0.478 e. The highest BCUT2D eigenvalue weighted by atomic mass is 16.4. The number of barbiturate groups is 1. The number of aromatic carboxylic acids is 1. The van der Waals surface area contributed by atoms with Crippen LogP contribution >= 0.6 is 0 Å². The van der Waals surface area contributed by atoms with E-state index in [-0.39, 0.29) is 16.8 Å². The lowest BCUT2D eigenvalue weighted by Crippen LogP contribution is -2.54. The summed E-state index contributed by atoms with van der Waals surface area (Å²) in [5.74, 6) is -2.70. The number of hydrogen-bond donors (Lipinski definition) is 2. The summed E-state index contributed by atoms with van der Waals surface area (Å²) < 4.78 is 0. The fourth-order valence-electron chi connectivity index (χ4n) is 2.68. The predicted molar refractivity (Wildman–Crippen MR) is 103 cm³/mol. The number of nitrogens with zero attached hydrogens (tertiary/aromatic N) is 2. The van der Waals surface area contributed by atoms with Gasteiger partial charge in [0.05, 0.1) is 11.3 Å². The molecule has 0 aliphatic carbocycles. The van der Waals surface area contributed by atoms with Crippen LogP contribution in [0, 0.1) is 0 Å². The zero-order chi connectivity index (χ0) is 20.4. The zero-order valence-corrected chi connectivity index (χ0v) is 15.2. The van der Waals surface area contributed by atoms with Crippen LogP contribution in [0.4, 0.5) is 16.2 Å². The maximum absolute atomic E-state index is 12.8. The molecule has 28 heavy (non-hydrogen) atoms. The summed E-state index contributed by atoms with van der Waals surface area (Å²) in [5.41, 5.74) is 1.56. The van der Waals surface area contributed by atoms with Gasteiger partial charge in [-0.05, 0) is 48.0 Å². The molecule has 2 N–H and O–H groups in total. The molecule has 8 heteroatoms. The van der Waals surface area contributed by atoms with E-state index in [2.05, 4.69) is 5.32 Å². The Kier molecular flexibility index (Phi) is 4.95. The van der Waals surface area contributed by atoms with Crippen molar-refractivity contribution < 1.29 is 24.3 Å². The number of hydrogen-bond acceptors (Lipinski definition) is 5. The van der Waals surface area contributed by atoms with E-state index in [0.717, 1.165) is 10.6 Å². The van der Waals surface area contributed by atoms with Gasteiger partial charge >= 0.3 is 12.0 Å². The number of carboxylic acid groups (broad SMARTS) is 1. The first kappa shape index (κ1) is 18.8. The molecule has 1 aliphatic rings. The lowest BCUT2D eigenvalue weighted by atomic mass is 10.1. The normalized spacial score (nSPS) is 15.6. The van der Waals surface area contributed by atoms with Crippen LogP contribution in [0.3, 0.4) is 0 Å². The van der Waals surface area contributed by atoms with Crippen LogP contribution in [0.5, 0.6) is 0 Å². The van der Waals surface area contributed by atoms with Gasteiger partial charge in [-0.25, -0.2) is 14.5 Å². The molecule has 142 valence electrons. The Morgan fingerprint density at radius 2 is 1.61 bits per heavy atom. The van der Waals surface area contributed by atoms with Crippen molar-refractivity contribution in [3.05, 3.63) is 65.2 Å². The van der Waals surface area contributed by atoms with Crippen molar-refractivity contribution in [3.63, 3.8) is 0 Å². The van der Waals surface area contributed by atoms with Gasteiger partial charge in [0.1, 0.15) is 5.57 Å². The highest BCUT2D eigenvalue weighted by Gasteiger charge is 2.36. The highest BCUT2D eigenvalue weighted by Crippen LogP contribution is 2.23. The van der Waals surface area contributed by atoms with E-state index >= 15 is 0 Å². The molecule has 2 aromatic carbocycles. The summed E-state index contributed by atoms with van der Waals surface area (Å²) in [6.45, 7) is 0. The Morgan fingerprint density at radius 3 is 2.14 bits per heavy atom. The summed E-state index contributed by atoms with van der Waals surface area (Å²) in [4.78, 5) is 50.8. The monoisotopic (exact) mass is 379 g/mol. The third-order valence-electron chi connectivity index (χ3n) is 4.19. The molecule has 2 aromatic rings. The molecular weight excluding hydrogens is 362 g/mol. The lowest BCUT2D eigenvalue weighted by Gasteiger charge is -2.26. The summed E-state index contributed by atoms with van der Waals surface area (Å²) >= 11 is 0. The Morgan fingerprint density at radius 1 is 1.00 bits per heavy atom. The van der Waals surface area contributed by atoms with Gasteiger partial charge in [-0.3, -0.25) is 14.9 Å². The minimum atomic E-state index is -1.13. The second-order valence-electron chi connectivity index (χ2n) is 6.30. The van der Waals surface area contributed by atoms with Gasteiger partial charge in [0.2, 0.25) is 0 Å². The molecule has 1 aliphatic heterocycles. The SMILES string of the molecule is CN(C)c1ccc(/C=C2/C(=O)NC(=O)N(c3ccc(C(=O)O)cc3)C2=O)cc1. The van der Waals surface area contributed by atoms with Gasteiger partial charge in [-0.15, -0.1) is 0 Å². The fourth-order valence-corrected chi connectivity index (χ4v) is 2.68. The number of carboxylic acids is 1. The molecule has 0 bridgehead atoms. The van der Waals surface area contributed by atoms with Crippen LogP contribution in [-0.2, 0) is 9.59 Å². The molecule has 0 aromatic heterocycles. The molecule has 0 saturated carbocycles. The first-order chi connectivity index (χ1) is 13.3. The minimum Gasteiger partial charge on any atom is -0.478 e.